The largest absolute Gasteiger partial charge is 0.372 e. The van der Waals surface area contributed by atoms with Crippen LogP contribution in [0.3, 0.4) is 0 Å². The fraction of sp³-hybridized carbons (Fsp3) is 0.471. The van der Waals surface area contributed by atoms with Gasteiger partial charge in [0.2, 0.25) is 0 Å². The first-order chi connectivity index (χ1) is 9.34. The van der Waals surface area contributed by atoms with Crippen molar-refractivity contribution in [3.05, 3.63) is 47.0 Å². The van der Waals surface area contributed by atoms with E-state index < -0.39 is 0 Å². The van der Waals surface area contributed by atoms with Crippen LogP contribution in [-0.2, 0) is 16.1 Å². The molecule has 19 heavy (non-hydrogen) atoms. The van der Waals surface area contributed by atoms with E-state index in [9.17, 15) is 4.79 Å². The van der Waals surface area contributed by atoms with Crippen molar-refractivity contribution in [3.63, 3.8) is 0 Å². The minimum atomic E-state index is 0.329. The highest BCUT2D eigenvalue weighted by molar-refractivity contribution is 5.99. The minimum absolute atomic E-state index is 0.329. The first kappa shape index (κ1) is 12.6. The summed E-state index contributed by atoms with van der Waals surface area (Å²) in [5.41, 5.74) is 3.56. The number of ketones is 1. The van der Waals surface area contributed by atoms with E-state index >= 15 is 0 Å². The quantitative estimate of drug-likeness (QED) is 0.821. The third kappa shape index (κ3) is 2.79. The molecule has 0 heterocycles. The molecular formula is C17H20O2. The molecule has 0 aliphatic heterocycles. The van der Waals surface area contributed by atoms with E-state index in [4.69, 9.17) is 4.74 Å². The Morgan fingerprint density at radius 1 is 1.11 bits per heavy atom. The SMILES string of the molecule is O=C1CC2CCCCC2=C1COCc1ccccc1. The molecule has 0 amide bonds. The maximum Gasteiger partial charge on any atom is 0.161 e. The third-order valence-corrected chi connectivity index (χ3v) is 4.26. The van der Waals surface area contributed by atoms with Crippen molar-refractivity contribution in [1.82, 2.24) is 0 Å². The van der Waals surface area contributed by atoms with Crippen LogP contribution in [0.25, 0.3) is 0 Å². The molecule has 2 aliphatic rings. The number of hydrogen-bond donors (Lipinski definition) is 0. The maximum atomic E-state index is 12.0. The van der Waals surface area contributed by atoms with Crippen LogP contribution in [0.4, 0.5) is 0 Å². The van der Waals surface area contributed by atoms with Crippen LogP contribution in [-0.4, -0.2) is 12.4 Å². The van der Waals surface area contributed by atoms with E-state index in [-0.39, 0.29) is 0 Å². The molecule has 1 atom stereocenters. The second-order valence-corrected chi connectivity index (χ2v) is 5.55. The van der Waals surface area contributed by atoms with Crippen LogP contribution >= 0.6 is 0 Å². The number of fused-ring (bicyclic) bond motifs is 1. The molecule has 100 valence electrons. The lowest BCUT2D eigenvalue weighted by atomic mass is 9.85. The Morgan fingerprint density at radius 2 is 1.95 bits per heavy atom. The number of ether oxygens (including phenoxy) is 1. The van der Waals surface area contributed by atoms with Gasteiger partial charge >= 0.3 is 0 Å². The van der Waals surface area contributed by atoms with Gasteiger partial charge < -0.3 is 4.74 Å². The molecule has 2 heteroatoms. The Morgan fingerprint density at radius 3 is 2.79 bits per heavy atom. The van der Waals surface area contributed by atoms with Gasteiger partial charge in [0.05, 0.1) is 13.2 Å². The van der Waals surface area contributed by atoms with E-state index in [0.29, 0.717) is 24.9 Å². The number of Topliss-reactive ketones (excluding diaryl/α,β-unsaturated/α-hetero) is 1. The highest BCUT2D eigenvalue weighted by Crippen LogP contribution is 2.40. The Balaban J connectivity index is 1.61. The molecule has 0 spiro atoms. The normalized spacial score (nSPS) is 22.7. The van der Waals surface area contributed by atoms with Gasteiger partial charge in [-0.2, -0.15) is 0 Å². The van der Waals surface area contributed by atoms with Crippen molar-refractivity contribution in [3.8, 4) is 0 Å². The van der Waals surface area contributed by atoms with E-state index in [1.165, 1.54) is 30.4 Å². The highest BCUT2D eigenvalue weighted by Gasteiger charge is 2.33. The van der Waals surface area contributed by atoms with Gasteiger partial charge in [-0.3, -0.25) is 4.79 Å². The molecule has 0 bridgehead atoms. The van der Waals surface area contributed by atoms with Crippen LogP contribution in [0.2, 0.25) is 0 Å². The number of carbonyl (C=O) groups is 1. The molecular weight excluding hydrogens is 236 g/mol. The fourth-order valence-corrected chi connectivity index (χ4v) is 3.25. The predicted molar refractivity (Wildman–Crippen MR) is 74.7 cm³/mol. The second kappa shape index (κ2) is 5.70. The molecule has 0 N–H and O–H groups in total. The van der Waals surface area contributed by atoms with Gasteiger partial charge in [-0.15, -0.1) is 0 Å². The van der Waals surface area contributed by atoms with Crippen molar-refractivity contribution >= 4 is 5.78 Å². The molecule has 2 aliphatic carbocycles. The minimum Gasteiger partial charge on any atom is -0.372 e. The number of benzene rings is 1. The van der Waals surface area contributed by atoms with Gasteiger partial charge in [-0.05, 0) is 30.7 Å². The van der Waals surface area contributed by atoms with Crippen LogP contribution in [0.5, 0.6) is 0 Å². The van der Waals surface area contributed by atoms with E-state index in [0.717, 1.165) is 18.4 Å². The summed E-state index contributed by atoms with van der Waals surface area (Å²) in [6.07, 6.45) is 5.56. The second-order valence-electron chi connectivity index (χ2n) is 5.55. The van der Waals surface area contributed by atoms with E-state index in [1.54, 1.807) is 0 Å². The van der Waals surface area contributed by atoms with Crippen LogP contribution in [0, 0.1) is 5.92 Å². The maximum absolute atomic E-state index is 12.0. The zero-order valence-corrected chi connectivity index (χ0v) is 11.2. The van der Waals surface area contributed by atoms with Crippen molar-refractivity contribution in [2.24, 2.45) is 5.92 Å². The number of allylic oxidation sites excluding steroid dienone is 1. The van der Waals surface area contributed by atoms with Gasteiger partial charge in [0.15, 0.2) is 5.78 Å². The van der Waals surface area contributed by atoms with Gasteiger partial charge in [-0.25, -0.2) is 0 Å². The van der Waals surface area contributed by atoms with Crippen LogP contribution in [0.15, 0.2) is 41.5 Å². The Bertz CT molecular complexity index is 487. The molecule has 0 saturated heterocycles. The number of rotatable bonds is 4. The lowest BCUT2D eigenvalue weighted by Gasteiger charge is -2.20. The lowest BCUT2D eigenvalue weighted by molar-refractivity contribution is -0.116. The number of hydrogen-bond acceptors (Lipinski definition) is 2. The topological polar surface area (TPSA) is 26.3 Å². The van der Waals surface area contributed by atoms with Crippen LogP contribution < -0.4 is 0 Å². The van der Waals surface area contributed by atoms with Gasteiger partial charge in [0, 0.05) is 12.0 Å². The fourth-order valence-electron chi connectivity index (χ4n) is 3.25. The predicted octanol–water partition coefficient (Wildman–Crippen LogP) is 3.66. The van der Waals surface area contributed by atoms with Crippen molar-refractivity contribution < 1.29 is 9.53 Å². The molecule has 1 aromatic carbocycles. The average molecular weight is 256 g/mol. The van der Waals surface area contributed by atoms with Gasteiger partial charge in [0.25, 0.3) is 0 Å². The van der Waals surface area contributed by atoms with Gasteiger partial charge in [0.1, 0.15) is 0 Å². The summed E-state index contributed by atoms with van der Waals surface area (Å²) >= 11 is 0. The van der Waals surface area contributed by atoms with Crippen molar-refractivity contribution in [2.75, 3.05) is 6.61 Å². The first-order valence-corrected chi connectivity index (χ1v) is 7.21. The summed E-state index contributed by atoms with van der Waals surface area (Å²) in [6, 6.07) is 10.1. The molecule has 1 fully saturated rings. The summed E-state index contributed by atoms with van der Waals surface area (Å²) < 4.78 is 5.74. The summed E-state index contributed by atoms with van der Waals surface area (Å²) in [7, 11) is 0. The molecule has 2 nitrogen and oxygen atoms in total. The molecule has 1 aromatic rings. The first-order valence-electron chi connectivity index (χ1n) is 7.21. The smallest absolute Gasteiger partial charge is 0.161 e. The average Bonchev–Trinajstić information content (AvgIpc) is 2.76. The van der Waals surface area contributed by atoms with E-state index in [1.807, 2.05) is 18.2 Å². The summed E-state index contributed by atoms with van der Waals surface area (Å²) in [4.78, 5) is 12.0. The molecule has 1 unspecified atom stereocenters. The number of carbonyl (C=O) groups excluding carboxylic acids is 1. The Labute approximate surface area is 114 Å². The Kier molecular flexibility index (Phi) is 3.79. The van der Waals surface area contributed by atoms with Crippen molar-refractivity contribution in [1.29, 1.82) is 0 Å². The van der Waals surface area contributed by atoms with Crippen molar-refractivity contribution in [2.45, 2.75) is 38.7 Å². The zero-order chi connectivity index (χ0) is 13.1. The molecule has 3 rings (SSSR count). The van der Waals surface area contributed by atoms with E-state index in [2.05, 4.69) is 12.1 Å². The Hall–Kier alpha value is -1.41. The lowest BCUT2D eigenvalue weighted by Crippen LogP contribution is -2.07. The third-order valence-electron chi connectivity index (χ3n) is 4.26. The molecule has 0 radical (unpaired) electrons. The van der Waals surface area contributed by atoms with Crippen LogP contribution in [0.1, 0.15) is 37.7 Å². The zero-order valence-electron chi connectivity index (χ0n) is 11.2. The highest BCUT2D eigenvalue weighted by atomic mass is 16.5. The molecule has 0 aromatic heterocycles. The standard InChI is InChI=1S/C17H20O2/c18-17-10-14-8-4-5-9-15(14)16(17)12-19-11-13-6-2-1-3-7-13/h1-3,6-7,14H,4-5,8-12H2. The molecule has 1 saturated carbocycles. The van der Waals surface area contributed by atoms with Gasteiger partial charge in [-0.1, -0.05) is 42.3 Å². The summed E-state index contributed by atoms with van der Waals surface area (Å²) in [5.74, 6) is 0.867. The monoisotopic (exact) mass is 256 g/mol. The summed E-state index contributed by atoms with van der Waals surface area (Å²) in [6.45, 7) is 1.09. The summed E-state index contributed by atoms with van der Waals surface area (Å²) in [5, 5.41) is 0.